The molecule has 1 N–H and O–H groups in total. The topological polar surface area (TPSA) is 38.5 Å². The first-order valence-corrected chi connectivity index (χ1v) is 7.07. The van der Waals surface area contributed by atoms with Gasteiger partial charge in [0.2, 0.25) is 0 Å². The number of nitrogens with zero attached hydrogens (tertiary/aromatic N) is 3. The molecule has 0 fully saturated rings. The molecule has 0 spiro atoms. The molecule has 1 aromatic carbocycles. The Morgan fingerprint density at radius 1 is 1.25 bits per heavy atom. The van der Waals surface area contributed by atoms with Gasteiger partial charge in [0.25, 0.3) is 0 Å². The van der Waals surface area contributed by atoms with Crippen molar-refractivity contribution in [3.05, 3.63) is 45.5 Å². The van der Waals surface area contributed by atoms with Crippen LogP contribution in [0.15, 0.2) is 18.2 Å². The van der Waals surface area contributed by atoms with Crippen molar-refractivity contribution in [3.63, 3.8) is 0 Å². The van der Waals surface area contributed by atoms with E-state index in [0.29, 0.717) is 0 Å². The standard InChI is InChI=1S/C15H18N4S/c1-9-6-5-7-13-14(9)16-15(20)19(13)8-12-10(2)17-18(4)11(12)3/h5-7H,8H2,1-4H3,(H,16,20). The highest BCUT2D eigenvalue weighted by Crippen LogP contribution is 2.21. The van der Waals surface area contributed by atoms with Crippen molar-refractivity contribution in [1.82, 2.24) is 19.3 Å². The Labute approximate surface area is 123 Å². The summed E-state index contributed by atoms with van der Waals surface area (Å²) in [5, 5.41) is 4.48. The normalized spacial score (nSPS) is 11.4. The van der Waals surface area contributed by atoms with E-state index < -0.39 is 0 Å². The minimum absolute atomic E-state index is 0.758. The van der Waals surface area contributed by atoms with Crippen LogP contribution in [-0.2, 0) is 13.6 Å². The van der Waals surface area contributed by atoms with Crippen LogP contribution in [0.5, 0.6) is 0 Å². The van der Waals surface area contributed by atoms with E-state index in [1.807, 2.05) is 18.7 Å². The van der Waals surface area contributed by atoms with E-state index in [1.54, 1.807) is 0 Å². The SMILES string of the molecule is Cc1nn(C)c(C)c1Cn1c(=S)[nH]c2c(C)cccc21. The minimum Gasteiger partial charge on any atom is -0.330 e. The van der Waals surface area contributed by atoms with Gasteiger partial charge in [-0.3, -0.25) is 4.68 Å². The van der Waals surface area contributed by atoms with Gasteiger partial charge in [0.15, 0.2) is 4.77 Å². The zero-order valence-corrected chi connectivity index (χ0v) is 13.0. The predicted octanol–water partition coefficient (Wildman–Crippen LogP) is 3.41. The molecular formula is C15H18N4S. The highest BCUT2D eigenvalue weighted by atomic mass is 32.1. The molecule has 2 aromatic heterocycles. The Hall–Kier alpha value is -1.88. The largest absolute Gasteiger partial charge is 0.330 e. The van der Waals surface area contributed by atoms with Gasteiger partial charge in [-0.05, 0) is 44.6 Å². The van der Waals surface area contributed by atoms with E-state index in [4.69, 9.17) is 12.2 Å². The zero-order valence-electron chi connectivity index (χ0n) is 12.2. The summed E-state index contributed by atoms with van der Waals surface area (Å²) in [4.78, 5) is 3.31. The van der Waals surface area contributed by atoms with Crippen LogP contribution in [0.4, 0.5) is 0 Å². The minimum atomic E-state index is 0.758. The molecule has 104 valence electrons. The first-order chi connectivity index (χ1) is 9.49. The summed E-state index contributed by atoms with van der Waals surface area (Å²) in [6, 6.07) is 6.27. The summed E-state index contributed by atoms with van der Waals surface area (Å²) in [6.07, 6.45) is 0. The number of hydrogen-bond donors (Lipinski definition) is 1. The maximum atomic E-state index is 5.49. The van der Waals surface area contributed by atoms with Crippen molar-refractivity contribution in [2.75, 3.05) is 0 Å². The molecule has 0 saturated carbocycles. The van der Waals surface area contributed by atoms with Crippen LogP contribution < -0.4 is 0 Å². The van der Waals surface area contributed by atoms with Gasteiger partial charge in [0.1, 0.15) is 0 Å². The van der Waals surface area contributed by atoms with Gasteiger partial charge in [0.05, 0.1) is 23.3 Å². The third-order valence-corrected chi connectivity index (χ3v) is 4.32. The summed E-state index contributed by atoms with van der Waals surface area (Å²) >= 11 is 5.49. The molecule has 3 rings (SSSR count). The third kappa shape index (κ3) is 1.89. The van der Waals surface area contributed by atoms with Gasteiger partial charge in [-0.2, -0.15) is 5.10 Å². The summed E-state index contributed by atoms with van der Waals surface area (Å²) in [5.74, 6) is 0. The number of hydrogen-bond acceptors (Lipinski definition) is 2. The van der Waals surface area contributed by atoms with Crippen LogP contribution in [0.3, 0.4) is 0 Å². The summed E-state index contributed by atoms with van der Waals surface area (Å²) < 4.78 is 4.83. The number of aromatic amines is 1. The Balaban J connectivity index is 2.18. The third-order valence-electron chi connectivity index (χ3n) is 3.99. The first kappa shape index (κ1) is 13.1. The Kier molecular flexibility index (Phi) is 3.01. The predicted molar refractivity (Wildman–Crippen MR) is 83.6 cm³/mol. The van der Waals surface area contributed by atoms with E-state index >= 15 is 0 Å². The quantitative estimate of drug-likeness (QED) is 0.733. The lowest BCUT2D eigenvalue weighted by Crippen LogP contribution is -2.02. The van der Waals surface area contributed by atoms with Gasteiger partial charge in [-0.15, -0.1) is 0 Å². The highest BCUT2D eigenvalue weighted by molar-refractivity contribution is 7.71. The van der Waals surface area contributed by atoms with Crippen molar-refractivity contribution in [3.8, 4) is 0 Å². The molecule has 0 aliphatic carbocycles. The maximum absolute atomic E-state index is 5.49. The van der Waals surface area contributed by atoms with Crippen LogP contribution in [0.2, 0.25) is 0 Å². The Morgan fingerprint density at radius 3 is 2.65 bits per heavy atom. The van der Waals surface area contributed by atoms with Crippen LogP contribution in [0.25, 0.3) is 11.0 Å². The fraction of sp³-hybridized carbons (Fsp3) is 0.333. The van der Waals surface area contributed by atoms with Crippen molar-refractivity contribution in [1.29, 1.82) is 0 Å². The van der Waals surface area contributed by atoms with E-state index in [2.05, 4.69) is 46.7 Å². The molecule has 5 heteroatoms. The number of fused-ring (bicyclic) bond motifs is 1. The molecule has 20 heavy (non-hydrogen) atoms. The molecule has 0 atom stereocenters. The Bertz CT molecular complexity index is 851. The summed E-state index contributed by atoms with van der Waals surface area (Å²) in [6.45, 7) is 7.00. The number of imidazole rings is 1. The number of H-pyrrole nitrogens is 1. The van der Waals surface area contributed by atoms with Gasteiger partial charge in [-0.25, -0.2) is 0 Å². The van der Waals surface area contributed by atoms with Crippen molar-refractivity contribution in [2.24, 2.45) is 7.05 Å². The van der Waals surface area contributed by atoms with E-state index in [1.165, 1.54) is 16.8 Å². The monoisotopic (exact) mass is 286 g/mol. The lowest BCUT2D eigenvalue weighted by atomic mass is 10.2. The molecule has 3 aromatic rings. The average Bonchev–Trinajstić information content (AvgIpc) is 2.84. The number of rotatable bonds is 2. The molecule has 4 nitrogen and oxygen atoms in total. The van der Waals surface area contributed by atoms with Crippen LogP contribution in [0.1, 0.15) is 22.5 Å². The fourth-order valence-corrected chi connectivity index (χ4v) is 2.95. The first-order valence-electron chi connectivity index (χ1n) is 6.66. The maximum Gasteiger partial charge on any atom is 0.178 e. The molecule has 0 amide bonds. The lowest BCUT2D eigenvalue weighted by Gasteiger charge is -2.06. The molecule has 0 aliphatic rings. The molecular weight excluding hydrogens is 268 g/mol. The van der Waals surface area contributed by atoms with Crippen LogP contribution >= 0.6 is 12.2 Å². The van der Waals surface area contributed by atoms with Crippen LogP contribution in [0, 0.1) is 25.5 Å². The van der Waals surface area contributed by atoms with Crippen molar-refractivity contribution in [2.45, 2.75) is 27.3 Å². The second kappa shape index (κ2) is 4.59. The average molecular weight is 286 g/mol. The number of aryl methyl sites for hydroxylation is 3. The second-order valence-corrected chi connectivity index (χ2v) is 5.65. The van der Waals surface area contributed by atoms with Gasteiger partial charge in [0, 0.05) is 18.3 Å². The van der Waals surface area contributed by atoms with Gasteiger partial charge >= 0.3 is 0 Å². The van der Waals surface area contributed by atoms with Crippen molar-refractivity contribution >= 4 is 23.3 Å². The molecule has 0 aliphatic heterocycles. The molecule has 0 saturated heterocycles. The highest BCUT2D eigenvalue weighted by Gasteiger charge is 2.13. The Morgan fingerprint density at radius 2 is 2.00 bits per heavy atom. The fourth-order valence-electron chi connectivity index (χ4n) is 2.69. The number of nitrogens with one attached hydrogen (secondary N) is 1. The lowest BCUT2D eigenvalue weighted by molar-refractivity contribution is 0.727. The summed E-state index contributed by atoms with van der Waals surface area (Å²) in [7, 11) is 1.98. The molecule has 2 heterocycles. The van der Waals surface area contributed by atoms with Crippen molar-refractivity contribution < 1.29 is 0 Å². The van der Waals surface area contributed by atoms with Gasteiger partial charge < -0.3 is 9.55 Å². The smallest absolute Gasteiger partial charge is 0.178 e. The second-order valence-electron chi connectivity index (χ2n) is 5.26. The molecule has 0 unspecified atom stereocenters. The number of benzene rings is 1. The summed E-state index contributed by atoms with van der Waals surface area (Å²) in [5.41, 5.74) is 6.98. The number of aromatic nitrogens is 4. The van der Waals surface area contributed by atoms with Crippen LogP contribution in [-0.4, -0.2) is 19.3 Å². The van der Waals surface area contributed by atoms with E-state index in [0.717, 1.165) is 28.0 Å². The van der Waals surface area contributed by atoms with E-state index in [9.17, 15) is 0 Å². The number of para-hydroxylation sites is 1. The van der Waals surface area contributed by atoms with E-state index in [-0.39, 0.29) is 0 Å². The zero-order chi connectivity index (χ0) is 14.4. The van der Waals surface area contributed by atoms with Gasteiger partial charge in [-0.1, -0.05) is 12.1 Å². The molecule has 0 bridgehead atoms. The molecule has 0 radical (unpaired) electrons.